The third-order valence-corrected chi connectivity index (χ3v) is 6.07. The monoisotopic (exact) mass is 640 g/mol. The van der Waals surface area contributed by atoms with Gasteiger partial charge in [0, 0.05) is 19.3 Å². The number of rotatable bonds is 5. The Labute approximate surface area is 203 Å². The minimum Gasteiger partial charge on any atom is -0.482 e. The smallest absolute Gasteiger partial charge is 0.262 e. The molecule has 0 atom stereocenters. The van der Waals surface area contributed by atoms with Crippen LogP contribution in [0.2, 0.25) is 0 Å². The Morgan fingerprint density at radius 2 is 1.90 bits per heavy atom. The standard InChI is InChI=1S/C22H15Br2IN2O3/c1-12-8-14(23)9-17(24)21(12)29-11-20(28)26-16-6-7-19-18(10-16)27-22(30-19)13-2-4-15(25)5-3-13/h2-10H,11H2,1H3,(H,26,28). The number of carbonyl (C=O) groups is 1. The van der Waals surface area contributed by atoms with Crippen LogP contribution in [0.4, 0.5) is 5.69 Å². The first kappa shape index (κ1) is 21.3. The fourth-order valence-corrected chi connectivity index (χ4v) is 4.84. The highest BCUT2D eigenvalue weighted by Gasteiger charge is 2.12. The number of carbonyl (C=O) groups excluding carboxylic acids is 1. The number of hydrogen-bond donors (Lipinski definition) is 1. The Morgan fingerprint density at radius 1 is 1.13 bits per heavy atom. The molecule has 0 saturated heterocycles. The molecular weight excluding hydrogens is 627 g/mol. The maximum Gasteiger partial charge on any atom is 0.262 e. The number of oxazole rings is 1. The van der Waals surface area contributed by atoms with Crippen LogP contribution in [-0.4, -0.2) is 17.5 Å². The molecule has 152 valence electrons. The maximum atomic E-state index is 12.4. The highest BCUT2D eigenvalue weighted by Crippen LogP contribution is 2.32. The van der Waals surface area contributed by atoms with Gasteiger partial charge >= 0.3 is 0 Å². The average Bonchev–Trinajstić information content (AvgIpc) is 3.11. The van der Waals surface area contributed by atoms with Crippen LogP contribution in [-0.2, 0) is 4.79 Å². The second-order valence-electron chi connectivity index (χ2n) is 6.58. The van der Waals surface area contributed by atoms with Crippen molar-refractivity contribution in [2.24, 2.45) is 0 Å². The summed E-state index contributed by atoms with van der Waals surface area (Å²) in [6.45, 7) is 1.82. The van der Waals surface area contributed by atoms with Crippen molar-refractivity contribution >= 4 is 77.1 Å². The van der Waals surface area contributed by atoms with E-state index in [1.54, 1.807) is 18.2 Å². The summed E-state index contributed by atoms with van der Waals surface area (Å²) < 4.78 is 14.4. The molecule has 4 rings (SSSR count). The van der Waals surface area contributed by atoms with E-state index in [2.05, 4.69) is 64.8 Å². The highest BCUT2D eigenvalue weighted by molar-refractivity contribution is 14.1. The van der Waals surface area contributed by atoms with E-state index in [1.165, 1.54) is 0 Å². The number of nitrogens with one attached hydrogen (secondary N) is 1. The molecule has 1 N–H and O–H groups in total. The van der Waals surface area contributed by atoms with Crippen LogP contribution < -0.4 is 10.1 Å². The van der Waals surface area contributed by atoms with Crippen LogP contribution >= 0.6 is 54.5 Å². The molecule has 0 radical (unpaired) electrons. The molecule has 0 aliphatic heterocycles. The number of ether oxygens (including phenoxy) is 1. The zero-order valence-electron chi connectivity index (χ0n) is 15.7. The normalized spacial score (nSPS) is 10.9. The molecule has 0 unspecified atom stereocenters. The van der Waals surface area contributed by atoms with Gasteiger partial charge in [-0.3, -0.25) is 4.79 Å². The molecule has 0 fully saturated rings. The summed E-state index contributed by atoms with van der Waals surface area (Å²) in [6, 6.07) is 17.1. The van der Waals surface area contributed by atoms with Crippen LogP contribution in [0.25, 0.3) is 22.6 Å². The van der Waals surface area contributed by atoms with Crippen LogP contribution in [0.3, 0.4) is 0 Å². The average molecular weight is 642 g/mol. The zero-order chi connectivity index (χ0) is 21.3. The fraction of sp³-hybridized carbons (Fsp3) is 0.0909. The van der Waals surface area contributed by atoms with E-state index < -0.39 is 0 Å². The summed E-state index contributed by atoms with van der Waals surface area (Å²) in [5.74, 6) is 0.927. The lowest BCUT2D eigenvalue weighted by Crippen LogP contribution is -2.20. The van der Waals surface area contributed by atoms with Crippen molar-refractivity contribution in [1.82, 2.24) is 4.98 Å². The van der Waals surface area contributed by atoms with Gasteiger partial charge < -0.3 is 14.5 Å². The molecule has 0 aliphatic carbocycles. The van der Waals surface area contributed by atoms with Gasteiger partial charge in [-0.05, 0) is 106 Å². The van der Waals surface area contributed by atoms with E-state index in [-0.39, 0.29) is 12.5 Å². The van der Waals surface area contributed by atoms with Gasteiger partial charge in [0.25, 0.3) is 5.91 Å². The first-order chi connectivity index (χ1) is 14.4. The van der Waals surface area contributed by atoms with Crippen molar-refractivity contribution in [3.8, 4) is 17.2 Å². The van der Waals surface area contributed by atoms with Gasteiger partial charge in [-0.15, -0.1) is 0 Å². The number of benzene rings is 3. The highest BCUT2D eigenvalue weighted by atomic mass is 127. The van der Waals surface area contributed by atoms with Gasteiger partial charge in [0.05, 0.1) is 4.47 Å². The van der Waals surface area contributed by atoms with E-state index >= 15 is 0 Å². The third-order valence-electron chi connectivity index (χ3n) is 4.30. The number of aromatic nitrogens is 1. The Bertz CT molecular complexity index is 1220. The number of hydrogen-bond acceptors (Lipinski definition) is 4. The van der Waals surface area contributed by atoms with Crippen molar-refractivity contribution in [2.45, 2.75) is 6.92 Å². The van der Waals surface area contributed by atoms with Crippen molar-refractivity contribution in [1.29, 1.82) is 0 Å². The van der Waals surface area contributed by atoms with Crippen molar-refractivity contribution < 1.29 is 13.9 Å². The summed E-state index contributed by atoms with van der Waals surface area (Å²) in [4.78, 5) is 16.9. The molecule has 0 saturated carbocycles. The number of fused-ring (bicyclic) bond motifs is 1. The number of halogens is 3. The quantitative estimate of drug-likeness (QED) is 0.240. The Morgan fingerprint density at radius 3 is 2.63 bits per heavy atom. The molecule has 30 heavy (non-hydrogen) atoms. The van der Waals surface area contributed by atoms with E-state index in [4.69, 9.17) is 9.15 Å². The lowest BCUT2D eigenvalue weighted by Gasteiger charge is -2.12. The first-order valence-corrected chi connectivity index (χ1v) is 11.6. The number of amides is 1. The van der Waals surface area contributed by atoms with Gasteiger partial charge in [-0.25, -0.2) is 4.98 Å². The van der Waals surface area contributed by atoms with E-state index in [0.29, 0.717) is 28.4 Å². The van der Waals surface area contributed by atoms with Crippen LogP contribution in [0.15, 0.2) is 68.0 Å². The van der Waals surface area contributed by atoms with Gasteiger partial charge in [0.15, 0.2) is 12.2 Å². The second kappa shape index (κ2) is 9.07. The lowest BCUT2D eigenvalue weighted by atomic mass is 10.2. The Balaban J connectivity index is 1.46. The molecule has 4 aromatic rings. The first-order valence-electron chi connectivity index (χ1n) is 8.94. The minimum atomic E-state index is -0.259. The van der Waals surface area contributed by atoms with E-state index in [9.17, 15) is 4.79 Å². The van der Waals surface area contributed by atoms with Crippen LogP contribution in [0.1, 0.15) is 5.56 Å². The largest absolute Gasteiger partial charge is 0.482 e. The Kier molecular flexibility index (Phi) is 6.45. The summed E-state index contributed by atoms with van der Waals surface area (Å²) in [5, 5.41) is 2.84. The van der Waals surface area contributed by atoms with Crippen LogP contribution in [0.5, 0.6) is 5.75 Å². The number of aryl methyl sites for hydroxylation is 1. The summed E-state index contributed by atoms with van der Waals surface area (Å²) >= 11 is 9.15. The second-order valence-corrected chi connectivity index (χ2v) is 9.59. The van der Waals surface area contributed by atoms with E-state index in [0.717, 1.165) is 23.6 Å². The van der Waals surface area contributed by atoms with Gasteiger partial charge in [-0.1, -0.05) is 15.9 Å². The molecule has 1 amide bonds. The molecule has 1 aromatic heterocycles. The molecule has 1 heterocycles. The predicted molar refractivity (Wildman–Crippen MR) is 133 cm³/mol. The maximum absolute atomic E-state index is 12.4. The van der Waals surface area contributed by atoms with Gasteiger partial charge in [-0.2, -0.15) is 0 Å². The Hall–Kier alpha value is -1.91. The lowest BCUT2D eigenvalue weighted by molar-refractivity contribution is -0.118. The van der Waals surface area contributed by atoms with E-state index in [1.807, 2.05) is 43.3 Å². The minimum absolute atomic E-state index is 0.105. The predicted octanol–water partition coefficient (Wildman–Crippen LogP) is 6.95. The summed E-state index contributed by atoms with van der Waals surface area (Å²) in [5.41, 5.74) is 3.79. The molecule has 5 nitrogen and oxygen atoms in total. The molecule has 0 aliphatic rings. The van der Waals surface area contributed by atoms with Crippen molar-refractivity contribution in [2.75, 3.05) is 11.9 Å². The number of nitrogens with zero attached hydrogens (tertiary/aromatic N) is 1. The topological polar surface area (TPSA) is 64.4 Å². The molecule has 0 spiro atoms. The SMILES string of the molecule is Cc1cc(Br)cc(Br)c1OCC(=O)Nc1ccc2oc(-c3ccc(I)cc3)nc2c1. The van der Waals surface area contributed by atoms with Crippen molar-refractivity contribution in [3.63, 3.8) is 0 Å². The third kappa shape index (κ3) is 4.87. The van der Waals surface area contributed by atoms with Crippen molar-refractivity contribution in [3.05, 3.63) is 72.7 Å². The molecule has 0 bridgehead atoms. The van der Waals surface area contributed by atoms with Crippen LogP contribution in [0, 0.1) is 10.5 Å². The van der Waals surface area contributed by atoms with Gasteiger partial charge in [0.1, 0.15) is 11.3 Å². The molecule has 3 aromatic carbocycles. The molecule has 8 heteroatoms. The summed E-state index contributed by atoms with van der Waals surface area (Å²) in [6.07, 6.45) is 0. The fourth-order valence-electron chi connectivity index (χ4n) is 2.93. The number of anilines is 1. The van der Waals surface area contributed by atoms with Gasteiger partial charge in [0.2, 0.25) is 5.89 Å². The molecular formula is C22H15Br2IN2O3. The summed E-state index contributed by atoms with van der Waals surface area (Å²) in [7, 11) is 0. The zero-order valence-corrected chi connectivity index (χ0v) is 21.0.